The molecule has 0 bridgehead atoms. The van der Waals surface area contributed by atoms with Gasteiger partial charge in [-0.3, -0.25) is 0 Å². The fourth-order valence-corrected chi connectivity index (χ4v) is 2.54. The lowest BCUT2D eigenvalue weighted by molar-refractivity contribution is 0.0527. The summed E-state index contributed by atoms with van der Waals surface area (Å²) >= 11 is 3.19. The summed E-state index contributed by atoms with van der Waals surface area (Å²) in [5.74, 6) is -0.0797. The van der Waals surface area contributed by atoms with Crippen LogP contribution in [0.1, 0.15) is 26.3 Å². The first kappa shape index (κ1) is 21.5. The smallest absolute Gasteiger partial charge is 0.407 e. The summed E-state index contributed by atoms with van der Waals surface area (Å²) in [7, 11) is 0. The van der Waals surface area contributed by atoms with Gasteiger partial charge in [-0.1, -0.05) is 0 Å². The molecule has 0 atom stereocenters. The number of amides is 2. The van der Waals surface area contributed by atoms with Crippen molar-refractivity contribution < 1.29 is 28.6 Å². The van der Waals surface area contributed by atoms with E-state index in [0.717, 1.165) is 0 Å². The molecule has 9 nitrogen and oxygen atoms in total. The number of nitrogens with one attached hydrogen (secondary N) is 2. The predicted molar refractivity (Wildman–Crippen MR) is 104 cm³/mol. The number of fused-ring (bicyclic) bond motifs is 1. The molecule has 0 fully saturated rings. The number of aromatic hydroxyl groups is 1. The number of rotatable bonds is 5. The summed E-state index contributed by atoms with van der Waals surface area (Å²) in [6.07, 6.45) is -1.30. The second-order valence-corrected chi connectivity index (χ2v) is 7.68. The van der Waals surface area contributed by atoms with Crippen LogP contribution in [-0.2, 0) is 16.1 Å². The molecule has 2 rings (SSSR count). The number of hydrogen-bond donors (Lipinski definition) is 3. The lowest BCUT2D eigenvalue weighted by atomic mass is 10.1. The number of phenols is 1. The van der Waals surface area contributed by atoms with Gasteiger partial charge in [-0.15, -0.1) is 0 Å². The van der Waals surface area contributed by atoms with E-state index >= 15 is 0 Å². The minimum absolute atomic E-state index is 0.0797. The van der Waals surface area contributed by atoms with E-state index in [1.165, 1.54) is 12.1 Å². The van der Waals surface area contributed by atoms with Gasteiger partial charge in [-0.25, -0.2) is 14.4 Å². The summed E-state index contributed by atoms with van der Waals surface area (Å²) in [4.78, 5) is 34.9. The number of halogens is 1. The lowest BCUT2D eigenvalue weighted by Gasteiger charge is -2.19. The average Bonchev–Trinajstić information content (AvgIpc) is 2.56. The average molecular weight is 457 g/mol. The van der Waals surface area contributed by atoms with Crippen molar-refractivity contribution in [1.82, 2.24) is 10.6 Å². The van der Waals surface area contributed by atoms with Gasteiger partial charge in [0, 0.05) is 36.2 Å². The molecule has 3 N–H and O–H groups in total. The number of hydrogen-bond acceptors (Lipinski definition) is 7. The molecule has 2 aromatic rings. The van der Waals surface area contributed by atoms with Gasteiger partial charge in [0.05, 0.1) is 4.47 Å². The van der Waals surface area contributed by atoms with E-state index < -0.39 is 23.4 Å². The van der Waals surface area contributed by atoms with Gasteiger partial charge in [0.2, 0.25) is 0 Å². The Hall–Kier alpha value is -2.75. The third kappa shape index (κ3) is 6.45. The number of phenolic OH excluding ortho intramolecular Hbond substituents is 1. The molecule has 0 aliphatic heterocycles. The number of ether oxygens (including phenoxy) is 2. The molecule has 10 heteroatoms. The topological polar surface area (TPSA) is 127 Å². The highest BCUT2D eigenvalue weighted by molar-refractivity contribution is 9.10. The molecule has 1 aromatic carbocycles. The molecule has 2 amide bonds. The van der Waals surface area contributed by atoms with Crippen molar-refractivity contribution in [1.29, 1.82) is 0 Å². The van der Waals surface area contributed by atoms with Crippen LogP contribution in [0.4, 0.5) is 9.59 Å². The molecule has 1 aromatic heterocycles. The van der Waals surface area contributed by atoms with E-state index in [1.54, 1.807) is 26.8 Å². The van der Waals surface area contributed by atoms with Crippen LogP contribution < -0.4 is 16.3 Å². The second kappa shape index (κ2) is 8.96. The van der Waals surface area contributed by atoms with Crippen LogP contribution in [0.15, 0.2) is 31.9 Å². The maximum absolute atomic E-state index is 11.8. The van der Waals surface area contributed by atoms with Gasteiger partial charge in [0.25, 0.3) is 0 Å². The molecule has 28 heavy (non-hydrogen) atoms. The highest BCUT2D eigenvalue weighted by atomic mass is 79.9. The van der Waals surface area contributed by atoms with Gasteiger partial charge >= 0.3 is 17.8 Å². The maximum Gasteiger partial charge on any atom is 0.407 e. The fraction of sp³-hybridized carbons (Fsp3) is 0.389. The first-order chi connectivity index (χ1) is 13.0. The molecule has 0 aliphatic rings. The van der Waals surface area contributed by atoms with Gasteiger partial charge in [-0.05, 0) is 42.8 Å². The summed E-state index contributed by atoms with van der Waals surface area (Å²) in [6.45, 7) is 5.36. The maximum atomic E-state index is 11.8. The Morgan fingerprint density at radius 2 is 1.79 bits per heavy atom. The SMILES string of the molecule is CC(C)(C)OC(=O)NCCNC(=O)OCc1cc(=O)oc2cc(O)c(Br)cc12. The minimum Gasteiger partial charge on any atom is -0.507 e. The van der Waals surface area contributed by atoms with Gasteiger partial charge in [0.1, 0.15) is 23.5 Å². The van der Waals surface area contributed by atoms with Crippen LogP contribution in [0, 0.1) is 0 Å². The molecule has 0 radical (unpaired) electrons. The number of benzene rings is 1. The quantitative estimate of drug-likeness (QED) is 0.465. The van der Waals surface area contributed by atoms with E-state index in [-0.39, 0.29) is 31.0 Å². The third-order valence-corrected chi connectivity index (χ3v) is 3.95. The normalized spacial score (nSPS) is 11.1. The van der Waals surface area contributed by atoms with Crippen molar-refractivity contribution >= 4 is 39.1 Å². The first-order valence-electron chi connectivity index (χ1n) is 8.38. The van der Waals surface area contributed by atoms with Gasteiger partial charge in [-0.2, -0.15) is 0 Å². The monoisotopic (exact) mass is 456 g/mol. The van der Waals surface area contributed by atoms with Crippen molar-refractivity contribution in [2.45, 2.75) is 33.0 Å². The van der Waals surface area contributed by atoms with E-state index in [2.05, 4.69) is 26.6 Å². The minimum atomic E-state index is -0.717. The van der Waals surface area contributed by atoms with Crippen LogP contribution >= 0.6 is 15.9 Å². The Kier molecular flexibility index (Phi) is 6.90. The summed E-state index contributed by atoms with van der Waals surface area (Å²) < 4.78 is 15.6. The first-order valence-corrected chi connectivity index (χ1v) is 9.17. The van der Waals surface area contributed by atoms with Crippen LogP contribution in [0.3, 0.4) is 0 Å². The third-order valence-electron chi connectivity index (χ3n) is 3.32. The zero-order chi connectivity index (χ0) is 20.9. The van der Waals surface area contributed by atoms with Crippen molar-refractivity contribution in [3.63, 3.8) is 0 Å². The van der Waals surface area contributed by atoms with Gasteiger partial charge in [0.15, 0.2) is 0 Å². The zero-order valence-corrected chi connectivity index (χ0v) is 17.2. The summed E-state index contributed by atoms with van der Waals surface area (Å²) in [5, 5.41) is 15.2. The number of carbonyl (C=O) groups is 2. The van der Waals surface area contributed by atoms with Crippen LogP contribution in [0.2, 0.25) is 0 Å². The zero-order valence-electron chi connectivity index (χ0n) is 15.6. The van der Waals surface area contributed by atoms with E-state index in [9.17, 15) is 19.5 Å². The van der Waals surface area contributed by atoms with E-state index in [1.807, 2.05) is 0 Å². The van der Waals surface area contributed by atoms with Crippen molar-refractivity contribution in [2.75, 3.05) is 13.1 Å². The standard InChI is InChI=1S/C18H21BrN2O7/c1-18(2,3)28-17(25)21-5-4-20-16(24)26-9-10-6-15(23)27-14-8-13(22)12(19)7-11(10)14/h6-8,22H,4-5,9H2,1-3H3,(H,20,24)(H,21,25). The molecule has 0 unspecified atom stereocenters. The van der Waals surface area contributed by atoms with Crippen LogP contribution in [-0.4, -0.2) is 36.0 Å². The summed E-state index contributed by atoms with van der Waals surface area (Å²) in [6, 6.07) is 4.07. The molecule has 0 aliphatic carbocycles. The Bertz CT molecular complexity index is 934. The Morgan fingerprint density at radius 1 is 1.14 bits per heavy atom. The predicted octanol–water partition coefficient (Wildman–Crippen LogP) is 3.01. The van der Waals surface area contributed by atoms with E-state index in [0.29, 0.717) is 15.4 Å². The molecule has 0 saturated carbocycles. The largest absolute Gasteiger partial charge is 0.507 e. The molecule has 0 saturated heterocycles. The fourth-order valence-electron chi connectivity index (χ4n) is 2.19. The second-order valence-electron chi connectivity index (χ2n) is 6.82. The van der Waals surface area contributed by atoms with Crippen LogP contribution in [0.25, 0.3) is 11.0 Å². The number of carbonyl (C=O) groups excluding carboxylic acids is 2. The highest BCUT2D eigenvalue weighted by Crippen LogP contribution is 2.30. The molecular weight excluding hydrogens is 436 g/mol. The molecule has 0 spiro atoms. The Balaban J connectivity index is 1.87. The van der Waals surface area contributed by atoms with Crippen molar-refractivity contribution in [3.05, 3.63) is 38.7 Å². The number of alkyl carbamates (subject to hydrolysis) is 2. The molecular formula is C18H21BrN2O7. The highest BCUT2D eigenvalue weighted by Gasteiger charge is 2.15. The molecule has 1 heterocycles. The Morgan fingerprint density at radius 3 is 2.43 bits per heavy atom. The molecule has 152 valence electrons. The van der Waals surface area contributed by atoms with E-state index in [4.69, 9.17) is 13.9 Å². The van der Waals surface area contributed by atoms with Crippen molar-refractivity contribution in [3.8, 4) is 5.75 Å². The van der Waals surface area contributed by atoms with Gasteiger partial charge < -0.3 is 29.6 Å². The summed E-state index contributed by atoms with van der Waals surface area (Å²) in [5.41, 5.74) is -0.634. The van der Waals surface area contributed by atoms with Crippen LogP contribution in [0.5, 0.6) is 5.75 Å². The Labute approximate surface area is 169 Å². The van der Waals surface area contributed by atoms with Crippen molar-refractivity contribution in [2.24, 2.45) is 0 Å². The lowest BCUT2D eigenvalue weighted by Crippen LogP contribution is -2.38.